The molecule has 8 heteroatoms. The van der Waals surface area contributed by atoms with E-state index in [0.29, 0.717) is 30.3 Å². The van der Waals surface area contributed by atoms with Gasteiger partial charge in [0.15, 0.2) is 11.6 Å². The minimum Gasteiger partial charge on any atom is -0.507 e. The van der Waals surface area contributed by atoms with Crippen LogP contribution < -0.4 is 0 Å². The second-order valence-electron chi connectivity index (χ2n) is 5.52. The summed E-state index contributed by atoms with van der Waals surface area (Å²) in [5.74, 6) is -0.876. The summed E-state index contributed by atoms with van der Waals surface area (Å²) in [4.78, 5) is 4.12. The van der Waals surface area contributed by atoms with Crippen molar-refractivity contribution in [1.82, 2.24) is 14.8 Å². The molecule has 4 rings (SSSR count). The molecule has 5 nitrogen and oxygen atoms in total. The summed E-state index contributed by atoms with van der Waals surface area (Å²) in [6.45, 7) is 1.15. The summed E-state index contributed by atoms with van der Waals surface area (Å²) in [5.41, 5.74) is -0.0518. The van der Waals surface area contributed by atoms with Crippen LogP contribution in [0.2, 0.25) is 5.02 Å². The number of rotatable bonds is 2. The third-order valence-corrected chi connectivity index (χ3v) is 4.28. The third-order valence-electron chi connectivity index (χ3n) is 3.98. The number of phenolic OH excluding ortho intramolecular Hbond substituents is 1. The van der Waals surface area contributed by atoms with Gasteiger partial charge in [-0.3, -0.25) is 4.99 Å². The molecular weight excluding hydrogens is 350 g/mol. The number of fused-ring (bicyclic) bond motifs is 1. The van der Waals surface area contributed by atoms with Gasteiger partial charge in [0, 0.05) is 17.7 Å². The lowest BCUT2D eigenvalue weighted by Gasteiger charge is -2.13. The van der Waals surface area contributed by atoms with Gasteiger partial charge in [-0.25, -0.2) is 8.78 Å². The topological polar surface area (TPSA) is 63.3 Å². The molecule has 0 aliphatic carbocycles. The van der Waals surface area contributed by atoms with Crippen molar-refractivity contribution in [1.29, 1.82) is 0 Å². The van der Waals surface area contributed by atoms with Crippen molar-refractivity contribution in [3.63, 3.8) is 0 Å². The Balaban J connectivity index is 1.88. The second-order valence-corrected chi connectivity index (χ2v) is 5.92. The molecule has 2 aromatic carbocycles. The maximum absolute atomic E-state index is 14.7. The van der Waals surface area contributed by atoms with Crippen molar-refractivity contribution >= 4 is 17.8 Å². The van der Waals surface area contributed by atoms with Crippen molar-refractivity contribution < 1.29 is 13.9 Å². The van der Waals surface area contributed by atoms with Crippen LogP contribution >= 0.6 is 11.6 Å². The van der Waals surface area contributed by atoms with Gasteiger partial charge in [-0.15, -0.1) is 10.2 Å². The van der Waals surface area contributed by atoms with E-state index in [2.05, 4.69) is 15.2 Å². The Bertz CT molecular complexity index is 973. The van der Waals surface area contributed by atoms with E-state index >= 15 is 0 Å². The monoisotopic (exact) mass is 360 g/mol. The number of halogens is 3. The molecule has 25 heavy (non-hydrogen) atoms. The Labute approximate surface area is 146 Å². The van der Waals surface area contributed by atoms with Gasteiger partial charge in [-0.05, 0) is 24.3 Å². The van der Waals surface area contributed by atoms with Gasteiger partial charge >= 0.3 is 0 Å². The van der Waals surface area contributed by atoms with Gasteiger partial charge in [0.25, 0.3) is 0 Å². The Hall–Kier alpha value is -2.80. The molecule has 0 amide bonds. The second kappa shape index (κ2) is 5.93. The van der Waals surface area contributed by atoms with Crippen molar-refractivity contribution in [2.24, 2.45) is 4.99 Å². The number of hydrogen-bond acceptors (Lipinski definition) is 4. The molecule has 1 aliphatic heterocycles. The van der Waals surface area contributed by atoms with Crippen LogP contribution in [0.3, 0.4) is 0 Å². The number of nitrogens with zero attached hydrogens (tertiary/aromatic N) is 4. The van der Waals surface area contributed by atoms with Crippen LogP contribution in [0.4, 0.5) is 8.78 Å². The summed E-state index contributed by atoms with van der Waals surface area (Å²) in [6.07, 6.45) is 1.60. The lowest BCUT2D eigenvalue weighted by atomic mass is 10.0. The first-order valence-corrected chi connectivity index (χ1v) is 7.84. The molecule has 3 aromatic rings. The van der Waals surface area contributed by atoms with Crippen molar-refractivity contribution in [2.45, 2.75) is 6.54 Å². The van der Waals surface area contributed by atoms with Crippen LogP contribution in [0.1, 0.15) is 5.82 Å². The minimum atomic E-state index is -0.760. The van der Waals surface area contributed by atoms with E-state index in [1.54, 1.807) is 10.8 Å². The van der Waals surface area contributed by atoms with Gasteiger partial charge in [0.1, 0.15) is 17.4 Å². The van der Waals surface area contributed by atoms with E-state index in [-0.39, 0.29) is 21.9 Å². The number of phenols is 1. The highest BCUT2D eigenvalue weighted by Crippen LogP contribution is 2.40. The number of aromatic nitrogens is 3. The standard InChI is InChI=1S/C17H11ClF2N4O/c18-10-6-9(17-23-22-14-8-21-4-5-24(14)17)7-12(20)15(10)16-11(19)2-1-3-13(16)25/h1-3,6-8,25H,4-5H2. The molecule has 1 aliphatic rings. The zero-order valence-corrected chi connectivity index (χ0v) is 13.5. The highest BCUT2D eigenvalue weighted by molar-refractivity contribution is 6.33. The van der Waals surface area contributed by atoms with Crippen LogP contribution in [0.15, 0.2) is 35.3 Å². The Morgan fingerprint density at radius 3 is 2.68 bits per heavy atom. The van der Waals surface area contributed by atoms with Gasteiger partial charge in [0.2, 0.25) is 0 Å². The SMILES string of the molecule is Oc1cccc(F)c1-c1c(F)cc(-c2nnc3n2CCN=C3)cc1Cl. The molecule has 1 aromatic heterocycles. The average Bonchev–Trinajstić information content (AvgIpc) is 3.01. The maximum atomic E-state index is 14.7. The lowest BCUT2D eigenvalue weighted by molar-refractivity contribution is 0.471. The third kappa shape index (κ3) is 2.56. The molecule has 0 atom stereocenters. The normalized spacial score (nSPS) is 13.1. The molecule has 0 saturated carbocycles. The summed E-state index contributed by atoms with van der Waals surface area (Å²) in [5, 5.41) is 17.9. The van der Waals surface area contributed by atoms with Gasteiger partial charge in [-0.2, -0.15) is 0 Å². The molecular formula is C17H11ClF2N4O. The lowest BCUT2D eigenvalue weighted by Crippen LogP contribution is -2.12. The summed E-state index contributed by atoms with van der Waals surface area (Å²) < 4.78 is 30.6. The number of aliphatic imine (C=N–C) groups is 1. The van der Waals surface area contributed by atoms with Crippen LogP contribution in [-0.2, 0) is 6.54 Å². The van der Waals surface area contributed by atoms with Crippen LogP contribution in [0, 0.1) is 11.6 Å². The molecule has 0 saturated heterocycles. The zero-order chi connectivity index (χ0) is 17.6. The average molecular weight is 361 g/mol. The zero-order valence-electron chi connectivity index (χ0n) is 12.7. The molecule has 2 heterocycles. The number of benzene rings is 2. The maximum Gasteiger partial charge on any atom is 0.175 e. The van der Waals surface area contributed by atoms with E-state index in [9.17, 15) is 13.9 Å². The van der Waals surface area contributed by atoms with Crippen molar-refractivity contribution in [2.75, 3.05) is 6.54 Å². The van der Waals surface area contributed by atoms with E-state index in [1.165, 1.54) is 24.3 Å². The van der Waals surface area contributed by atoms with E-state index in [0.717, 1.165) is 6.07 Å². The highest BCUT2D eigenvalue weighted by Gasteiger charge is 2.22. The fourth-order valence-corrected chi connectivity index (χ4v) is 3.15. The molecule has 0 unspecified atom stereocenters. The molecule has 0 radical (unpaired) electrons. The van der Waals surface area contributed by atoms with Crippen molar-refractivity contribution in [3.8, 4) is 28.3 Å². The van der Waals surface area contributed by atoms with Crippen LogP contribution in [0.25, 0.3) is 22.5 Å². The fourth-order valence-electron chi connectivity index (χ4n) is 2.85. The summed E-state index contributed by atoms with van der Waals surface area (Å²) in [7, 11) is 0. The van der Waals surface area contributed by atoms with Gasteiger partial charge in [0.05, 0.1) is 23.3 Å². The predicted octanol–water partition coefficient (Wildman–Crippen LogP) is 3.68. The fraction of sp³-hybridized carbons (Fsp3) is 0.118. The van der Waals surface area contributed by atoms with Crippen LogP contribution in [0.5, 0.6) is 5.75 Å². The first-order chi connectivity index (χ1) is 12.1. The smallest absolute Gasteiger partial charge is 0.175 e. The predicted molar refractivity (Wildman–Crippen MR) is 89.9 cm³/mol. The Kier molecular flexibility index (Phi) is 3.73. The number of hydrogen-bond donors (Lipinski definition) is 1. The van der Waals surface area contributed by atoms with Gasteiger partial charge in [-0.1, -0.05) is 17.7 Å². The largest absolute Gasteiger partial charge is 0.507 e. The van der Waals surface area contributed by atoms with Crippen molar-refractivity contribution in [3.05, 3.63) is 52.8 Å². The first-order valence-electron chi connectivity index (χ1n) is 7.46. The molecule has 0 fully saturated rings. The minimum absolute atomic E-state index is 0.0303. The molecule has 126 valence electrons. The molecule has 0 bridgehead atoms. The van der Waals surface area contributed by atoms with Gasteiger partial charge < -0.3 is 9.67 Å². The first kappa shape index (κ1) is 15.7. The summed E-state index contributed by atoms with van der Waals surface area (Å²) in [6, 6.07) is 6.42. The number of aromatic hydroxyl groups is 1. The van der Waals surface area contributed by atoms with E-state index in [1.807, 2.05) is 0 Å². The van der Waals surface area contributed by atoms with Crippen LogP contribution in [-0.4, -0.2) is 32.6 Å². The Morgan fingerprint density at radius 1 is 1.08 bits per heavy atom. The summed E-state index contributed by atoms with van der Waals surface area (Å²) >= 11 is 6.21. The van der Waals surface area contributed by atoms with E-state index in [4.69, 9.17) is 11.6 Å². The molecule has 0 spiro atoms. The quantitative estimate of drug-likeness (QED) is 0.758. The highest BCUT2D eigenvalue weighted by atomic mass is 35.5. The molecule has 1 N–H and O–H groups in total. The Morgan fingerprint density at radius 2 is 1.92 bits per heavy atom. The van der Waals surface area contributed by atoms with E-state index < -0.39 is 11.6 Å².